The van der Waals surface area contributed by atoms with Crippen LogP contribution in [-0.2, 0) is 44.8 Å². The van der Waals surface area contributed by atoms with Gasteiger partial charge in [0.2, 0.25) is 47.3 Å². The SMILES string of the molecule is CCC(N)C(=O)N[C@H]1CCNC(=O)[C@H]([C@@H](C)O)NC(=O)[C@H](CCN)NC(=O)[C@H](CCN)NC(=O)[C@H](CC(C)C)NC(=O)[C@@H](Cc2ccccc2)NC(=O)[C@H](CCN)NC1=O. The van der Waals surface area contributed by atoms with E-state index in [1.165, 1.54) is 6.92 Å². The Balaban J connectivity index is 2.69. The lowest BCUT2D eigenvalue weighted by Gasteiger charge is -2.28. The summed E-state index contributed by atoms with van der Waals surface area (Å²) in [5.41, 5.74) is 24.0. The number of rotatable bonds is 14. The van der Waals surface area contributed by atoms with E-state index >= 15 is 0 Å². The first kappa shape index (κ1) is 50.9. The van der Waals surface area contributed by atoms with Crippen LogP contribution in [0.25, 0.3) is 0 Å². The zero-order valence-corrected chi connectivity index (χ0v) is 35.0. The van der Waals surface area contributed by atoms with Gasteiger partial charge in [0.25, 0.3) is 0 Å². The highest BCUT2D eigenvalue weighted by Crippen LogP contribution is 2.10. The third-order valence-electron chi connectivity index (χ3n) is 9.73. The van der Waals surface area contributed by atoms with Gasteiger partial charge in [0.05, 0.1) is 12.1 Å². The van der Waals surface area contributed by atoms with Gasteiger partial charge < -0.3 is 70.6 Å². The quantitative estimate of drug-likeness (QED) is 0.0839. The summed E-state index contributed by atoms with van der Waals surface area (Å²) in [6.07, 6.45) is -1.62. The maximum Gasteiger partial charge on any atom is 0.245 e. The minimum Gasteiger partial charge on any atom is -0.391 e. The van der Waals surface area contributed by atoms with Crippen LogP contribution in [0.3, 0.4) is 0 Å². The van der Waals surface area contributed by atoms with Crippen LogP contribution in [0.1, 0.15) is 71.8 Å². The standard InChI is InChI=1S/C39H66N12O9/c1-5-24(43)32(53)45-28-14-18-44-39(60)31(22(4)52)51-36(57)27(13-17-42)47-33(54)25(11-15-40)48-37(58)29(19-21(2)3)49-38(59)30(20-23-9-7-6-8-10-23)50-34(55)26(12-16-41)46-35(28)56/h6-10,21-22,24-31,52H,5,11-20,40-43H2,1-4H3,(H,44,60)(H,45,53)(H,46,56)(H,47,54)(H,48,58)(H,49,59)(H,50,55)(H,51,57)/t22-,24?,25+,26+,27+,28+,29+,30-,31+/m1/s1. The number of benzene rings is 1. The van der Waals surface area contributed by atoms with Crippen LogP contribution in [0.15, 0.2) is 30.3 Å². The molecule has 9 atom stereocenters. The Bertz CT molecular complexity index is 1600. The molecule has 60 heavy (non-hydrogen) atoms. The summed E-state index contributed by atoms with van der Waals surface area (Å²) in [6.45, 7) is 6.07. The highest BCUT2D eigenvalue weighted by atomic mass is 16.3. The van der Waals surface area contributed by atoms with Crippen molar-refractivity contribution in [1.82, 2.24) is 42.5 Å². The highest BCUT2D eigenvalue weighted by Gasteiger charge is 2.35. The highest BCUT2D eigenvalue weighted by molar-refractivity contribution is 5.98. The summed E-state index contributed by atoms with van der Waals surface area (Å²) in [5, 5.41) is 31.2. The molecule has 1 fully saturated rings. The molecule has 0 radical (unpaired) electrons. The van der Waals surface area contributed by atoms with Crippen molar-refractivity contribution in [2.24, 2.45) is 28.9 Å². The van der Waals surface area contributed by atoms with E-state index in [-0.39, 0.29) is 77.0 Å². The van der Waals surface area contributed by atoms with Crippen molar-refractivity contribution in [2.45, 2.75) is 127 Å². The summed E-state index contributed by atoms with van der Waals surface area (Å²) >= 11 is 0. The number of aliphatic hydroxyl groups is 1. The molecule has 0 saturated carbocycles. The lowest BCUT2D eigenvalue weighted by Crippen LogP contribution is -2.61. The molecule has 8 amide bonds. The van der Waals surface area contributed by atoms with Crippen LogP contribution in [0.2, 0.25) is 0 Å². The zero-order chi connectivity index (χ0) is 44.9. The summed E-state index contributed by atoms with van der Waals surface area (Å²) in [6, 6.07) is -1.55. The molecule has 1 aromatic carbocycles. The lowest BCUT2D eigenvalue weighted by molar-refractivity contribution is -0.136. The summed E-state index contributed by atoms with van der Waals surface area (Å²) in [7, 11) is 0. The van der Waals surface area contributed by atoms with Gasteiger partial charge in [-0.2, -0.15) is 0 Å². The second kappa shape index (κ2) is 26.1. The van der Waals surface area contributed by atoms with Crippen molar-refractivity contribution in [3.8, 4) is 0 Å². The molecule has 0 aliphatic carbocycles. The number of nitrogens with one attached hydrogen (secondary N) is 8. The van der Waals surface area contributed by atoms with E-state index in [2.05, 4.69) is 42.5 Å². The number of aliphatic hydroxyl groups excluding tert-OH is 1. The number of amides is 8. The Kier molecular flexibility index (Phi) is 22.1. The summed E-state index contributed by atoms with van der Waals surface area (Å²) < 4.78 is 0. The van der Waals surface area contributed by atoms with E-state index in [0.717, 1.165) is 0 Å². The monoisotopic (exact) mass is 847 g/mol. The van der Waals surface area contributed by atoms with Gasteiger partial charge >= 0.3 is 0 Å². The Labute approximate surface area is 350 Å². The van der Waals surface area contributed by atoms with Crippen LogP contribution in [0, 0.1) is 5.92 Å². The molecular formula is C39H66N12O9. The van der Waals surface area contributed by atoms with Crippen molar-refractivity contribution < 1.29 is 43.5 Å². The van der Waals surface area contributed by atoms with Crippen molar-refractivity contribution in [1.29, 1.82) is 0 Å². The van der Waals surface area contributed by atoms with Gasteiger partial charge in [-0.05, 0) is 76.6 Å². The molecule has 1 aromatic rings. The minimum absolute atomic E-state index is 0.0265. The van der Waals surface area contributed by atoms with Gasteiger partial charge in [-0.25, -0.2) is 0 Å². The van der Waals surface area contributed by atoms with Gasteiger partial charge in [0.1, 0.15) is 42.3 Å². The molecule has 336 valence electrons. The molecule has 17 N–H and O–H groups in total. The molecule has 1 aliphatic heterocycles. The number of nitrogens with two attached hydrogens (primary N) is 4. The topological polar surface area (TPSA) is 357 Å². The first-order valence-corrected chi connectivity index (χ1v) is 20.4. The van der Waals surface area contributed by atoms with Crippen LogP contribution < -0.4 is 65.5 Å². The fraction of sp³-hybridized carbons (Fsp3) is 0.641. The second-order valence-corrected chi connectivity index (χ2v) is 15.2. The molecular weight excluding hydrogens is 781 g/mol. The van der Waals surface area contributed by atoms with Crippen LogP contribution in [-0.4, -0.2) is 133 Å². The predicted molar refractivity (Wildman–Crippen MR) is 222 cm³/mol. The van der Waals surface area contributed by atoms with Gasteiger partial charge in [0, 0.05) is 13.0 Å². The Morgan fingerprint density at radius 2 is 1.13 bits per heavy atom. The average Bonchev–Trinajstić information content (AvgIpc) is 3.20. The molecule has 0 aromatic heterocycles. The van der Waals surface area contributed by atoms with Crippen molar-refractivity contribution in [3.05, 3.63) is 35.9 Å². The molecule has 21 nitrogen and oxygen atoms in total. The third-order valence-corrected chi connectivity index (χ3v) is 9.73. The Morgan fingerprint density at radius 3 is 1.62 bits per heavy atom. The van der Waals surface area contributed by atoms with Crippen molar-refractivity contribution >= 4 is 47.3 Å². The van der Waals surface area contributed by atoms with E-state index in [4.69, 9.17) is 22.9 Å². The molecule has 1 aliphatic rings. The van der Waals surface area contributed by atoms with Crippen LogP contribution in [0.4, 0.5) is 0 Å². The normalized spacial score (nSPS) is 25.6. The fourth-order valence-corrected chi connectivity index (χ4v) is 6.27. The largest absolute Gasteiger partial charge is 0.391 e. The van der Waals surface area contributed by atoms with E-state index in [9.17, 15) is 43.5 Å². The maximum absolute atomic E-state index is 14.1. The van der Waals surface area contributed by atoms with Gasteiger partial charge in [0.15, 0.2) is 0 Å². The lowest BCUT2D eigenvalue weighted by atomic mass is 10.00. The molecule has 1 saturated heterocycles. The van der Waals surface area contributed by atoms with Gasteiger partial charge in [-0.3, -0.25) is 38.4 Å². The number of carbonyl (C=O) groups excluding carboxylic acids is 8. The van der Waals surface area contributed by atoms with Gasteiger partial charge in [-0.15, -0.1) is 0 Å². The second-order valence-electron chi connectivity index (χ2n) is 15.2. The van der Waals surface area contributed by atoms with Gasteiger partial charge in [-0.1, -0.05) is 51.1 Å². The third kappa shape index (κ3) is 16.8. The number of hydrogen-bond acceptors (Lipinski definition) is 13. The van der Waals surface area contributed by atoms with Crippen LogP contribution in [0.5, 0.6) is 0 Å². The summed E-state index contributed by atoms with van der Waals surface area (Å²) in [4.78, 5) is 109. The maximum atomic E-state index is 14.1. The Morgan fingerprint density at radius 1 is 0.683 bits per heavy atom. The first-order valence-electron chi connectivity index (χ1n) is 20.4. The molecule has 0 bridgehead atoms. The zero-order valence-electron chi connectivity index (χ0n) is 35.0. The average molecular weight is 847 g/mol. The molecule has 0 spiro atoms. The summed E-state index contributed by atoms with van der Waals surface area (Å²) in [5.74, 6) is -6.49. The first-order chi connectivity index (χ1) is 28.4. The smallest absolute Gasteiger partial charge is 0.245 e. The van der Waals surface area contributed by atoms with E-state index in [1.807, 2.05) is 13.8 Å². The number of carbonyl (C=O) groups is 8. The van der Waals surface area contributed by atoms with E-state index in [1.54, 1.807) is 37.3 Å². The molecule has 2 rings (SSSR count). The minimum atomic E-state index is -1.55. The van der Waals surface area contributed by atoms with E-state index < -0.39 is 102 Å². The predicted octanol–water partition coefficient (Wildman–Crippen LogP) is -4.65. The van der Waals surface area contributed by atoms with E-state index in [0.29, 0.717) is 5.56 Å². The van der Waals surface area contributed by atoms with Crippen molar-refractivity contribution in [2.75, 3.05) is 26.2 Å². The van der Waals surface area contributed by atoms with Crippen LogP contribution >= 0.6 is 0 Å². The number of hydrogen-bond donors (Lipinski definition) is 13. The molecule has 21 heteroatoms. The fourth-order valence-electron chi connectivity index (χ4n) is 6.27. The molecule has 1 heterocycles. The Hall–Kier alpha value is -5.22. The van der Waals surface area contributed by atoms with Crippen molar-refractivity contribution in [3.63, 3.8) is 0 Å². The molecule has 1 unspecified atom stereocenters.